The summed E-state index contributed by atoms with van der Waals surface area (Å²) in [6, 6.07) is 9.26. The van der Waals surface area contributed by atoms with E-state index in [1.165, 1.54) is 6.07 Å². The monoisotopic (exact) mass is 379 g/mol. The van der Waals surface area contributed by atoms with E-state index in [1.54, 1.807) is 18.2 Å². The van der Waals surface area contributed by atoms with Gasteiger partial charge in [-0.3, -0.25) is 4.79 Å². The number of halogens is 2. The van der Waals surface area contributed by atoms with Crippen molar-refractivity contribution in [3.05, 3.63) is 54.1 Å². The van der Waals surface area contributed by atoms with Crippen LogP contribution in [0, 0.1) is 11.6 Å². The summed E-state index contributed by atoms with van der Waals surface area (Å²) in [5.41, 5.74) is 0.330. The number of sulfonamides is 1. The molecule has 136 valence electrons. The molecule has 1 amide bonds. The highest BCUT2D eigenvalue weighted by Crippen LogP contribution is 2.27. The zero-order valence-corrected chi connectivity index (χ0v) is 14.3. The number of anilines is 2. The van der Waals surface area contributed by atoms with Gasteiger partial charge in [0.25, 0.3) is 10.0 Å². The molecule has 0 fully saturated rings. The molecule has 2 aromatic rings. The van der Waals surface area contributed by atoms with Gasteiger partial charge in [-0.1, -0.05) is 12.1 Å². The van der Waals surface area contributed by atoms with Crippen LogP contribution in [0.3, 0.4) is 0 Å². The fourth-order valence-corrected chi connectivity index (χ4v) is 3.67. The van der Waals surface area contributed by atoms with E-state index in [2.05, 4.69) is 15.0 Å². The van der Waals surface area contributed by atoms with E-state index in [9.17, 15) is 22.0 Å². The Hall–Kier alpha value is -2.81. The van der Waals surface area contributed by atoms with Gasteiger partial charge in [0.1, 0.15) is 22.4 Å². The molecule has 2 aromatic carbocycles. The largest absolute Gasteiger partial charge is 0.342 e. The highest BCUT2D eigenvalue weighted by atomic mass is 32.2. The van der Waals surface area contributed by atoms with Gasteiger partial charge >= 0.3 is 0 Å². The molecule has 6 nitrogen and oxygen atoms in total. The van der Waals surface area contributed by atoms with E-state index < -0.39 is 27.6 Å². The van der Waals surface area contributed by atoms with Crippen LogP contribution in [0.15, 0.2) is 51.8 Å². The van der Waals surface area contributed by atoms with E-state index in [1.807, 2.05) is 0 Å². The highest BCUT2D eigenvalue weighted by Gasteiger charge is 2.24. The summed E-state index contributed by atoms with van der Waals surface area (Å²) in [5, 5.41) is 5.28. The maximum Gasteiger partial charge on any atom is 0.286 e. The smallest absolute Gasteiger partial charge is 0.286 e. The predicted molar refractivity (Wildman–Crippen MR) is 93.5 cm³/mol. The fourth-order valence-electron chi connectivity index (χ4n) is 2.50. The molecule has 0 radical (unpaired) electrons. The number of nitrogens with one attached hydrogen (secondary N) is 2. The van der Waals surface area contributed by atoms with Crippen LogP contribution in [-0.4, -0.2) is 20.2 Å². The van der Waals surface area contributed by atoms with Crippen LogP contribution in [0.4, 0.5) is 20.2 Å². The van der Waals surface area contributed by atoms with E-state index in [-0.39, 0.29) is 29.3 Å². The Morgan fingerprint density at radius 1 is 1.15 bits per heavy atom. The average molecular weight is 379 g/mol. The molecule has 9 heteroatoms. The summed E-state index contributed by atoms with van der Waals surface area (Å²) in [6.45, 7) is 0. The second-order valence-corrected chi connectivity index (χ2v) is 7.23. The molecule has 1 aliphatic rings. The molecule has 0 bridgehead atoms. The summed E-state index contributed by atoms with van der Waals surface area (Å²) >= 11 is 0. The lowest BCUT2D eigenvalue weighted by molar-refractivity contribution is -0.116. The minimum atomic E-state index is -3.76. The third-order valence-electron chi connectivity index (χ3n) is 3.70. The molecular weight excluding hydrogens is 364 g/mol. The lowest BCUT2D eigenvalue weighted by atomic mass is 10.2. The van der Waals surface area contributed by atoms with Gasteiger partial charge in [0.2, 0.25) is 5.91 Å². The molecule has 0 unspecified atom stereocenters. The first kappa shape index (κ1) is 18.0. The molecule has 26 heavy (non-hydrogen) atoms. The molecular formula is C17H15F2N3O3S. The fraction of sp³-hybridized carbons (Fsp3) is 0.176. The van der Waals surface area contributed by atoms with Gasteiger partial charge in [0.05, 0.1) is 11.4 Å². The number of carbonyl (C=O) groups excluding carboxylic acids is 1. The third-order valence-corrected chi connectivity index (χ3v) is 5.07. The van der Waals surface area contributed by atoms with Crippen LogP contribution in [0.5, 0.6) is 0 Å². The van der Waals surface area contributed by atoms with Gasteiger partial charge in [-0.05, 0) is 30.7 Å². The molecule has 0 aromatic heterocycles. The number of amidine groups is 1. The minimum Gasteiger partial charge on any atom is -0.342 e. The molecule has 1 heterocycles. The molecule has 3 rings (SSSR count). The second-order valence-electron chi connectivity index (χ2n) is 5.66. The van der Waals surface area contributed by atoms with E-state index >= 15 is 0 Å². The van der Waals surface area contributed by atoms with Gasteiger partial charge < -0.3 is 10.6 Å². The summed E-state index contributed by atoms with van der Waals surface area (Å²) in [6.07, 6.45) is 0.560. The SMILES string of the molecule is O=C(CCCC1=NS(=O)(=O)c2ccccc2N1)Nc1ccc(F)cc1F. The summed E-state index contributed by atoms with van der Waals surface area (Å²) in [5.74, 6) is -1.82. The topological polar surface area (TPSA) is 87.6 Å². The number of amides is 1. The Labute approximate surface area is 149 Å². The van der Waals surface area contributed by atoms with Gasteiger partial charge in [-0.25, -0.2) is 8.78 Å². The van der Waals surface area contributed by atoms with Gasteiger partial charge in [0, 0.05) is 18.9 Å². The van der Waals surface area contributed by atoms with Gasteiger partial charge in [-0.15, -0.1) is 4.40 Å². The number of hydrogen-bond acceptors (Lipinski definition) is 4. The van der Waals surface area contributed by atoms with Gasteiger partial charge in [-0.2, -0.15) is 8.42 Å². The Morgan fingerprint density at radius 3 is 2.69 bits per heavy atom. The van der Waals surface area contributed by atoms with Crippen LogP contribution in [0.2, 0.25) is 0 Å². The van der Waals surface area contributed by atoms with Crippen molar-refractivity contribution in [1.29, 1.82) is 0 Å². The van der Waals surface area contributed by atoms with Crippen molar-refractivity contribution < 1.29 is 22.0 Å². The maximum atomic E-state index is 13.5. The number of para-hydroxylation sites is 1. The molecule has 0 aliphatic carbocycles. The first-order chi connectivity index (χ1) is 12.3. The highest BCUT2D eigenvalue weighted by molar-refractivity contribution is 7.90. The molecule has 2 N–H and O–H groups in total. The van der Waals surface area contributed by atoms with Crippen molar-refractivity contribution in [1.82, 2.24) is 0 Å². The molecule has 0 atom stereocenters. The minimum absolute atomic E-state index is 0.0270. The number of fused-ring (bicyclic) bond motifs is 1. The zero-order chi connectivity index (χ0) is 18.7. The van der Waals surface area contributed by atoms with Crippen LogP contribution in [0.1, 0.15) is 19.3 Å². The Kier molecular flexibility index (Phi) is 4.99. The lowest BCUT2D eigenvalue weighted by Crippen LogP contribution is -2.22. The number of benzene rings is 2. The number of rotatable bonds is 5. The Bertz CT molecular complexity index is 990. The Morgan fingerprint density at radius 2 is 1.92 bits per heavy atom. The molecule has 0 saturated carbocycles. The van der Waals surface area contributed by atoms with Crippen molar-refractivity contribution in [2.24, 2.45) is 4.40 Å². The summed E-state index contributed by atoms with van der Waals surface area (Å²) in [4.78, 5) is 12.0. The van der Waals surface area contributed by atoms with Crippen molar-refractivity contribution in [3.63, 3.8) is 0 Å². The normalized spacial score (nSPS) is 14.8. The summed E-state index contributed by atoms with van der Waals surface area (Å²) in [7, 11) is -3.76. The van der Waals surface area contributed by atoms with Crippen LogP contribution >= 0.6 is 0 Å². The number of hydrogen-bond donors (Lipinski definition) is 2. The number of carbonyl (C=O) groups is 1. The second kappa shape index (κ2) is 7.20. The first-order valence-electron chi connectivity index (χ1n) is 7.80. The third kappa shape index (κ3) is 4.05. The standard InChI is InChI=1S/C17H15F2N3O3S/c18-11-8-9-13(12(19)10-11)21-17(23)7-3-6-16-20-14-4-1-2-5-15(14)26(24,25)22-16/h1-2,4-5,8-10H,3,6-7H2,(H,20,22)(H,21,23). The van der Waals surface area contributed by atoms with Crippen molar-refractivity contribution in [3.8, 4) is 0 Å². The number of nitrogens with zero attached hydrogens (tertiary/aromatic N) is 1. The molecule has 1 aliphatic heterocycles. The van der Waals surface area contributed by atoms with Gasteiger partial charge in [0.15, 0.2) is 0 Å². The van der Waals surface area contributed by atoms with Crippen molar-refractivity contribution in [2.75, 3.05) is 10.6 Å². The van der Waals surface area contributed by atoms with Crippen LogP contribution < -0.4 is 10.6 Å². The zero-order valence-electron chi connectivity index (χ0n) is 13.5. The van der Waals surface area contributed by atoms with Crippen LogP contribution in [-0.2, 0) is 14.8 Å². The lowest BCUT2D eigenvalue weighted by Gasteiger charge is -2.17. The van der Waals surface area contributed by atoms with Crippen LogP contribution in [0.25, 0.3) is 0 Å². The molecule has 0 spiro atoms. The summed E-state index contributed by atoms with van der Waals surface area (Å²) < 4.78 is 54.3. The Balaban J connectivity index is 1.57. The van der Waals surface area contributed by atoms with E-state index in [0.717, 1.165) is 12.1 Å². The maximum absolute atomic E-state index is 13.5. The molecule has 0 saturated heterocycles. The van der Waals surface area contributed by atoms with E-state index in [0.29, 0.717) is 18.2 Å². The predicted octanol–water partition coefficient (Wildman–Crippen LogP) is 3.29. The first-order valence-corrected chi connectivity index (χ1v) is 9.24. The average Bonchev–Trinajstić information content (AvgIpc) is 2.57. The van der Waals surface area contributed by atoms with E-state index in [4.69, 9.17) is 0 Å². The quantitative estimate of drug-likeness (QED) is 0.835. The van der Waals surface area contributed by atoms with Crippen molar-refractivity contribution in [2.45, 2.75) is 24.2 Å². The van der Waals surface area contributed by atoms with Crippen molar-refractivity contribution >= 4 is 33.1 Å².